The number of methoxy groups -OCH3 is 1. The van der Waals surface area contributed by atoms with Crippen LogP contribution in [-0.2, 0) is 6.42 Å². The number of hydrogen-bond acceptors (Lipinski definition) is 1. The fourth-order valence-electron chi connectivity index (χ4n) is 1.60. The minimum absolute atomic E-state index is 0.854. The van der Waals surface area contributed by atoms with Gasteiger partial charge in [0.1, 0.15) is 5.75 Å². The summed E-state index contributed by atoms with van der Waals surface area (Å²) in [5.41, 5.74) is 3.43. The summed E-state index contributed by atoms with van der Waals surface area (Å²) in [6.07, 6.45) is 4.67. The predicted molar refractivity (Wildman–Crippen MR) is 73.9 cm³/mol. The van der Waals surface area contributed by atoms with E-state index >= 15 is 0 Å². The van der Waals surface area contributed by atoms with Crippen LogP contribution in [0.3, 0.4) is 0 Å². The molecule has 0 aromatic heterocycles. The normalized spacial score (nSPS) is 8.75. The van der Waals surface area contributed by atoms with Crippen molar-refractivity contribution in [2.45, 2.75) is 27.2 Å². The van der Waals surface area contributed by atoms with Crippen molar-refractivity contribution in [1.82, 2.24) is 0 Å². The highest BCUT2D eigenvalue weighted by Gasteiger charge is 2.07. The summed E-state index contributed by atoms with van der Waals surface area (Å²) in [4.78, 5) is 0. The van der Waals surface area contributed by atoms with E-state index < -0.39 is 0 Å². The summed E-state index contributed by atoms with van der Waals surface area (Å²) in [7, 11) is 1.67. The molecule has 0 unspecified atom stereocenters. The van der Waals surface area contributed by atoms with E-state index in [2.05, 4.69) is 26.1 Å². The van der Waals surface area contributed by atoms with Gasteiger partial charge in [0, 0.05) is 5.56 Å². The second kappa shape index (κ2) is 7.75. The van der Waals surface area contributed by atoms with Crippen molar-refractivity contribution in [1.29, 1.82) is 0 Å². The topological polar surface area (TPSA) is 9.23 Å². The highest BCUT2D eigenvalue weighted by atomic mass is 16.5. The molecule has 0 saturated carbocycles. The zero-order chi connectivity index (χ0) is 12.6. The molecule has 0 N–H and O–H groups in total. The molecule has 0 atom stereocenters. The fraction of sp³-hybridized carbons (Fsp3) is 0.333. The Bertz CT molecular complexity index is 316. The minimum Gasteiger partial charge on any atom is -0.496 e. The summed E-state index contributed by atoms with van der Waals surface area (Å²) in [5, 5.41) is 0. The monoisotopic (exact) mass is 218 g/mol. The Labute approximate surface area is 99.5 Å². The van der Waals surface area contributed by atoms with E-state index in [-0.39, 0.29) is 0 Å². The van der Waals surface area contributed by atoms with Crippen molar-refractivity contribution in [3.63, 3.8) is 0 Å². The second-order valence-electron chi connectivity index (χ2n) is 3.02. The maximum atomic E-state index is 5.26. The predicted octanol–water partition coefficient (Wildman–Crippen LogP) is 4.57. The molecule has 0 saturated heterocycles. The molecule has 0 heterocycles. The third-order valence-corrected chi connectivity index (χ3v) is 2.35. The molecule has 88 valence electrons. The lowest BCUT2D eigenvalue weighted by Gasteiger charge is -2.11. The molecule has 0 aliphatic rings. The summed E-state index contributed by atoms with van der Waals surface area (Å²) >= 11 is 0. The van der Waals surface area contributed by atoms with E-state index in [1.165, 1.54) is 5.56 Å². The van der Waals surface area contributed by atoms with Gasteiger partial charge in [-0.15, -0.1) is 0 Å². The summed E-state index contributed by atoms with van der Waals surface area (Å²) in [5.74, 6) is 0.854. The van der Waals surface area contributed by atoms with E-state index in [9.17, 15) is 0 Å². The third kappa shape index (κ3) is 2.99. The SMILES string of the molecule is C=Cc1c(CC)ccc(OC)c1C=C.CC. The Morgan fingerprint density at radius 2 is 1.69 bits per heavy atom. The van der Waals surface area contributed by atoms with Gasteiger partial charge in [-0.05, 0) is 23.6 Å². The van der Waals surface area contributed by atoms with Crippen molar-refractivity contribution in [3.05, 3.63) is 42.0 Å². The molecule has 0 aliphatic heterocycles. The van der Waals surface area contributed by atoms with Gasteiger partial charge < -0.3 is 4.74 Å². The zero-order valence-corrected chi connectivity index (χ0v) is 10.8. The zero-order valence-electron chi connectivity index (χ0n) is 10.8. The van der Waals surface area contributed by atoms with E-state index in [1.807, 2.05) is 32.1 Å². The van der Waals surface area contributed by atoms with Crippen molar-refractivity contribution in [2.75, 3.05) is 7.11 Å². The highest BCUT2D eigenvalue weighted by Crippen LogP contribution is 2.27. The van der Waals surface area contributed by atoms with Crippen molar-refractivity contribution < 1.29 is 4.74 Å². The van der Waals surface area contributed by atoms with Crippen LogP contribution in [0.4, 0.5) is 0 Å². The van der Waals surface area contributed by atoms with Crippen LogP contribution in [0.1, 0.15) is 37.5 Å². The molecule has 0 aliphatic carbocycles. The minimum atomic E-state index is 0.854. The molecule has 1 rings (SSSR count). The molecule has 0 radical (unpaired) electrons. The average molecular weight is 218 g/mol. The molecule has 1 aromatic carbocycles. The van der Waals surface area contributed by atoms with Gasteiger partial charge in [-0.3, -0.25) is 0 Å². The van der Waals surface area contributed by atoms with Gasteiger partial charge in [-0.25, -0.2) is 0 Å². The van der Waals surface area contributed by atoms with Crippen molar-refractivity contribution >= 4 is 12.2 Å². The molecule has 0 bridgehead atoms. The molecule has 1 heteroatoms. The number of hydrogen-bond donors (Lipinski definition) is 0. The first kappa shape index (κ1) is 14.5. The molecule has 0 amide bonds. The lowest BCUT2D eigenvalue weighted by Crippen LogP contribution is -1.94. The summed E-state index contributed by atoms with van der Waals surface area (Å²) in [6.45, 7) is 13.7. The van der Waals surface area contributed by atoms with Gasteiger partial charge in [-0.1, -0.05) is 52.1 Å². The molecule has 0 fully saturated rings. The van der Waals surface area contributed by atoms with E-state index in [0.29, 0.717) is 0 Å². The Kier molecular flexibility index (Phi) is 7.02. The molecular formula is C15H22O. The van der Waals surface area contributed by atoms with Crippen molar-refractivity contribution in [3.8, 4) is 5.75 Å². The van der Waals surface area contributed by atoms with Crippen LogP contribution in [0, 0.1) is 0 Å². The maximum Gasteiger partial charge on any atom is 0.126 e. The van der Waals surface area contributed by atoms with Crippen LogP contribution in [-0.4, -0.2) is 7.11 Å². The van der Waals surface area contributed by atoms with Crippen LogP contribution < -0.4 is 4.74 Å². The number of benzene rings is 1. The fourth-order valence-corrected chi connectivity index (χ4v) is 1.60. The lowest BCUT2D eigenvalue weighted by atomic mass is 9.98. The lowest BCUT2D eigenvalue weighted by molar-refractivity contribution is 0.413. The Hall–Kier alpha value is -1.50. The van der Waals surface area contributed by atoms with Crippen LogP contribution in [0.15, 0.2) is 25.3 Å². The molecule has 1 aromatic rings. The van der Waals surface area contributed by atoms with Gasteiger partial charge in [0.15, 0.2) is 0 Å². The summed E-state index contributed by atoms with van der Waals surface area (Å²) in [6, 6.07) is 4.05. The van der Waals surface area contributed by atoms with Gasteiger partial charge in [0.05, 0.1) is 7.11 Å². The first-order valence-corrected chi connectivity index (χ1v) is 5.73. The van der Waals surface area contributed by atoms with Crippen LogP contribution >= 0.6 is 0 Å². The van der Waals surface area contributed by atoms with Crippen LogP contribution in [0.25, 0.3) is 12.2 Å². The number of rotatable bonds is 4. The Morgan fingerprint density at radius 3 is 2.06 bits per heavy atom. The van der Waals surface area contributed by atoms with Gasteiger partial charge in [-0.2, -0.15) is 0 Å². The van der Waals surface area contributed by atoms with Crippen molar-refractivity contribution in [2.24, 2.45) is 0 Å². The molecule has 16 heavy (non-hydrogen) atoms. The van der Waals surface area contributed by atoms with Gasteiger partial charge in [0.2, 0.25) is 0 Å². The van der Waals surface area contributed by atoms with E-state index in [1.54, 1.807) is 7.11 Å². The third-order valence-electron chi connectivity index (χ3n) is 2.35. The largest absolute Gasteiger partial charge is 0.496 e. The van der Waals surface area contributed by atoms with Gasteiger partial charge in [0.25, 0.3) is 0 Å². The maximum absolute atomic E-state index is 5.26. The quantitative estimate of drug-likeness (QED) is 0.719. The molecule has 1 nitrogen and oxygen atoms in total. The Morgan fingerprint density at radius 1 is 1.12 bits per heavy atom. The standard InChI is InChI=1S/C13H16O.C2H6/c1-5-10-8-9-13(14-4)12(7-3)11(10)6-2;1-2/h6-9H,2-3,5H2,1,4H3;1-2H3. The molecular weight excluding hydrogens is 196 g/mol. The highest BCUT2D eigenvalue weighted by molar-refractivity contribution is 5.71. The smallest absolute Gasteiger partial charge is 0.126 e. The molecule has 0 spiro atoms. The van der Waals surface area contributed by atoms with Gasteiger partial charge >= 0.3 is 0 Å². The number of ether oxygens (including phenoxy) is 1. The van der Waals surface area contributed by atoms with E-state index in [0.717, 1.165) is 23.3 Å². The second-order valence-corrected chi connectivity index (χ2v) is 3.02. The number of aryl methyl sites for hydroxylation is 1. The first-order chi connectivity index (χ1) is 7.78. The Balaban J connectivity index is 0.00000106. The first-order valence-electron chi connectivity index (χ1n) is 5.73. The average Bonchev–Trinajstić information content (AvgIpc) is 2.38. The van der Waals surface area contributed by atoms with Crippen LogP contribution in [0.2, 0.25) is 0 Å². The van der Waals surface area contributed by atoms with Crippen LogP contribution in [0.5, 0.6) is 5.75 Å². The van der Waals surface area contributed by atoms with E-state index in [4.69, 9.17) is 4.74 Å². The summed E-state index contributed by atoms with van der Waals surface area (Å²) < 4.78 is 5.26.